The molecule has 0 aromatic rings. The fourth-order valence-corrected chi connectivity index (χ4v) is 0.772. The van der Waals surface area contributed by atoms with Crippen LogP contribution in [0.2, 0.25) is 0 Å². The van der Waals surface area contributed by atoms with Gasteiger partial charge in [-0.25, -0.2) is 0 Å². The summed E-state index contributed by atoms with van der Waals surface area (Å²) in [4.78, 5) is 14.9. The number of hydrogen-bond acceptors (Lipinski definition) is 2. The Hall–Kier alpha value is -1.12. The quantitative estimate of drug-likeness (QED) is 0.460. The van der Waals surface area contributed by atoms with Crippen molar-refractivity contribution in [2.24, 2.45) is 10.9 Å². The zero-order valence-corrected chi connectivity index (χ0v) is 6.63. The van der Waals surface area contributed by atoms with Gasteiger partial charge < -0.3 is 5.32 Å². The first kappa shape index (κ1) is 7.98. The van der Waals surface area contributed by atoms with E-state index in [1.807, 2.05) is 0 Å². The van der Waals surface area contributed by atoms with Crippen LogP contribution < -0.4 is 5.32 Å². The Labute approximate surface area is 66.2 Å². The summed E-state index contributed by atoms with van der Waals surface area (Å²) in [6.45, 7) is 3.52. The highest BCUT2D eigenvalue weighted by atomic mass is 16.2. The van der Waals surface area contributed by atoms with E-state index in [2.05, 4.69) is 16.9 Å². The molecule has 1 saturated carbocycles. The number of aliphatic imine (C=N–C) groups is 1. The molecule has 3 nitrogen and oxygen atoms in total. The van der Waals surface area contributed by atoms with Crippen LogP contribution in [0.4, 0.5) is 0 Å². The summed E-state index contributed by atoms with van der Waals surface area (Å²) in [6, 6.07) is 0. The number of hydrogen-bond donors (Lipinski definition) is 1. The molecule has 0 radical (unpaired) electrons. The van der Waals surface area contributed by atoms with Crippen molar-refractivity contribution in [2.45, 2.75) is 12.8 Å². The molecule has 11 heavy (non-hydrogen) atoms. The molecule has 1 amide bonds. The molecule has 0 saturated heterocycles. The average Bonchev–Trinajstić information content (AvgIpc) is 2.81. The summed E-state index contributed by atoms with van der Waals surface area (Å²) in [5, 5.41) is 2.67. The van der Waals surface area contributed by atoms with Gasteiger partial charge in [0.25, 0.3) is 0 Å². The summed E-state index contributed by atoms with van der Waals surface area (Å²) >= 11 is 0. The van der Waals surface area contributed by atoms with Gasteiger partial charge in [0.05, 0.1) is 0 Å². The number of rotatable bonds is 2. The van der Waals surface area contributed by atoms with E-state index in [-0.39, 0.29) is 11.8 Å². The first-order valence-electron chi connectivity index (χ1n) is 3.68. The topological polar surface area (TPSA) is 41.5 Å². The number of carbonyl (C=O) groups is 1. The van der Waals surface area contributed by atoms with E-state index in [0.29, 0.717) is 5.84 Å². The number of amides is 1. The fourth-order valence-electron chi connectivity index (χ4n) is 0.772. The van der Waals surface area contributed by atoms with E-state index in [1.54, 1.807) is 13.1 Å². The molecule has 0 spiro atoms. The number of carbonyl (C=O) groups excluding carboxylic acids is 1. The average molecular weight is 152 g/mol. The van der Waals surface area contributed by atoms with Crippen molar-refractivity contribution in [3.63, 3.8) is 0 Å². The Balaban J connectivity index is 2.39. The van der Waals surface area contributed by atoms with E-state index in [4.69, 9.17) is 0 Å². The van der Waals surface area contributed by atoms with Crippen molar-refractivity contribution in [3.8, 4) is 0 Å². The fraction of sp³-hybridized carbons (Fsp3) is 0.500. The molecule has 0 aromatic carbocycles. The smallest absolute Gasteiger partial charge is 0.228 e. The lowest BCUT2D eigenvalue weighted by Crippen LogP contribution is -2.30. The Morgan fingerprint density at radius 1 is 1.73 bits per heavy atom. The van der Waals surface area contributed by atoms with Crippen molar-refractivity contribution >= 4 is 11.7 Å². The highest BCUT2D eigenvalue weighted by molar-refractivity contribution is 6.05. The van der Waals surface area contributed by atoms with Crippen LogP contribution >= 0.6 is 0 Å². The predicted octanol–water partition coefficient (Wildman–Crippen LogP) is 0.727. The molecule has 1 aliphatic rings. The zero-order chi connectivity index (χ0) is 8.27. The summed E-state index contributed by atoms with van der Waals surface area (Å²) in [5.74, 6) is 0.860. The van der Waals surface area contributed by atoms with E-state index in [0.717, 1.165) is 12.8 Å². The SMILES string of the molecule is C=CC(=NC)NC(=O)C1CC1. The first-order valence-corrected chi connectivity index (χ1v) is 3.68. The summed E-state index contributed by atoms with van der Waals surface area (Å²) < 4.78 is 0. The maximum Gasteiger partial charge on any atom is 0.228 e. The van der Waals surface area contributed by atoms with Crippen LogP contribution in [0.25, 0.3) is 0 Å². The van der Waals surface area contributed by atoms with Gasteiger partial charge in [-0.3, -0.25) is 9.79 Å². The van der Waals surface area contributed by atoms with Gasteiger partial charge in [0, 0.05) is 13.0 Å². The van der Waals surface area contributed by atoms with Gasteiger partial charge in [0.1, 0.15) is 5.84 Å². The third-order valence-corrected chi connectivity index (χ3v) is 1.63. The second kappa shape index (κ2) is 3.32. The lowest BCUT2D eigenvalue weighted by Gasteiger charge is -2.00. The van der Waals surface area contributed by atoms with Gasteiger partial charge in [0.15, 0.2) is 0 Å². The minimum Gasteiger partial charge on any atom is -0.311 e. The van der Waals surface area contributed by atoms with Gasteiger partial charge >= 0.3 is 0 Å². The third-order valence-electron chi connectivity index (χ3n) is 1.63. The standard InChI is InChI=1S/C8H12N2O/c1-3-7(9-2)10-8(11)6-4-5-6/h3,6H,1,4-5H2,2H3,(H,9,10,11). The van der Waals surface area contributed by atoms with Crippen LogP contribution in [-0.2, 0) is 4.79 Å². The number of amidine groups is 1. The Morgan fingerprint density at radius 2 is 2.36 bits per heavy atom. The molecule has 1 N–H and O–H groups in total. The third kappa shape index (κ3) is 2.18. The highest BCUT2D eigenvalue weighted by Gasteiger charge is 2.29. The highest BCUT2D eigenvalue weighted by Crippen LogP contribution is 2.28. The van der Waals surface area contributed by atoms with Gasteiger partial charge in [-0.1, -0.05) is 6.58 Å². The second-order valence-electron chi connectivity index (χ2n) is 2.58. The van der Waals surface area contributed by atoms with Gasteiger partial charge in [-0.15, -0.1) is 0 Å². The largest absolute Gasteiger partial charge is 0.311 e. The molecule has 0 unspecified atom stereocenters. The summed E-state index contributed by atoms with van der Waals surface area (Å²) in [6.07, 6.45) is 3.57. The molecular formula is C8H12N2O. The maximum atomic E-state index is 11.1. The normalized spacial score (nSPS) is 17.7. The molecule has 0 aromatic heterocycles. The van der Waals surface area contributed by atoms with Gasteiger partial charge in [0.2, 0.25) is 5.91 Å². The molecular weight excluding hydrogens is 140 g/mol. The molecule has 1 fully saturated rings. The van der Waals surface area contributed by atoms with Crippen molar-refractivity contribution in [2.75, 3.05) is 7.05 Å². The molecule has 0 atom stereocenters. The van der Waals surface area contributed by atoms with Crippen LogP contribution in [0.1, 0.15) is 12.8 Å². The second-order valence-corrected chi connectivity index (χ2v) is 2.58. The van der Waals surface area contributed by atoms with Crippen molar-refractivity contribution in [3.05, 3.63) is 12.7 Å². The Bertz CT molecular complexity index is 204. The Morgan fingerprint density at radius 3 is 2.73 bits per heavy atom. The van der Waals surface area contributed by atoms with Crippen molar-refractivity contribution < 1.29 is 4.79 Å². The van der Waals surface area contributed by atoms with E-state index < -0.39 is 0 Å². The lowest BCUT2D eigenvalue weighted by molar-refractivity contribution is -0.120. The molecule has 1 rings (SSSR count). The van der Waals surface area contributed by atoms with Crippen molar-refractivity contribution in [1.29, 1.82) is 0 Å². The van der Waals surface area contributed by atoms with Gasteiger partial charge in [-0.2, -0.15) is 0 Å². The molecule has 1 aliphatic carbocycles. The monoisotopic (exact) mass is 152 g/mol. The predicted molar refractivity (Wildman–Crippen MR) is 44.4 cm³/mol. The minimum absolute atomic E-state index is 0.0745. The lowest BCUT2D eigenvalue weighted by atomic mass is 10.4. The summed E-state index contributed by atoms with van der Waals surface area (Å²) in [7, 11) is 1.63. The first-order chi connectivity index (χ1) is 5.27. The molecule has 0 aliphatic heterocycles. The van der Waals surface area contributed by atoms with E-state index in [9.17, 15) is 4.79 Å². The van der Waals surface area contributed by atoms with Crippen molar-refractivity contribution in [1.82, 2.24) is 5.32 Å². The number of nitrogens with zero attached hydrogens (tertiary/aromatic N) is 1. The van der Waals surface area contributed by atoms with Crippen LogP contribution in [0, 0.1) is 5.92 Å². The van der Waals surface area contributed by atoms with Crippen LogP contribution in [-0.4, -0.2) is 18.8 Å². The zero-order valence-electron chi connectivity index (χ0n) is 6.63. The van der Waals surface area contributed by atoms with Crippen LogP contribution in [0.5, 0.6) is 0 Å². The maximum absolute atomic E-state index is 11.1. The molecule has 0 heterocycles. The minimum atomic E-state index is 0.0745. The van der Waals surface area contributed by atoms with Crippen LogP contribution in [0.3, 0.4) is 0 Å². The molecule has 60 valence electrons. The summed E-state index contributed by atoms with van der Waals surface area (Å²) in [5.41, 5.74) is 0. The molecule has 0 bridgehead atoms. The Kier molecular flexibility index (Phi) is 2.41. The number of nitrogens with one attached hydrogen (secondary N) is 1. The van der Waals surface area contributed by atoms with Gasteiger partial charge in [-0.05, 0) is 18.9 Å². The van der Waals surface area contributed by atoms with E-state index >= 15 is 0 Å². The van der Waals surface area contributed by atoms with Crippen LogP contribution in [0.15, 0.2) is 17.6 Å². The van der Waals surface area contributed by atoms with E-state index in [1.165, 1.54) is 0 Å². The molecule has 3 heteroatoms.